The normalized spacial score (nSPS) is 16.4. The molecule has 0 bridgehead atoms. The first-order chi connectivity index (χ1) is 15.6. The number of aryl methyl sites for hydroxylation is 3. The number of para-hydroxylation sites is 2. The lowest BCUT2D eigenvalue weighted by molar-refractivity contribution is -0.117. The molecule has 0 N–H and O–H groups in total. The molecular formula is C28H37N3O. The molecule has 0 aliphatic carbocycles. The van der Waals surface area contributed by atoms with Gasteiger partial charge in [-0.1, -0.05) is 63.6 Å². The number of hydrogen-bond donors (Lipinski definition) is 0. The maximum absolute atomic E-state index is 13.0. The third-order valence-electron chi connectivity index (χ3n) is 6.68. The molecule has 4 rings (SSSR count). The van der Waals surface area contributed by atoms with E-state index < -0.39 is 0 Å². The molecule has 2 aromatic carbocycles. The molecule has 1 aromatic heterocycles. The maximum atomic E-state index is 13.0. The summed E-state index contributed by atoms with van der Waals surface area (Å²) in [4.78, 5) is 20.0. The van der Waals surface area contributed by atoms with Crippen LogP contribution >= 0.6 is 0 Å². The third-order valence-corrected chi connectivity index (χ3v) is 6.68. The monoisotopic (exact) mass is 431 g/mol. The molecule has 3 aromatic rings. The average molecular weight is 432 g/mol. The highest BCUT2D eigenvalue weighted by Gasteiger charge is 2.34. The highest BCUT2D eigenvalue weighted by atomic mass is 16.2. The molecule has 1 fully saturated rings. The van der Waals surface area contributed by atoms with Crippen molar-refractivity contribution in [1.29, 1.82) is 0 Å². The second-order valence-electron chi connectivity index (χ2n) is 9.48. The summed E-state index contributed by atoms with van der Waals surface area (Å²) in [5, 5.41) is 0. The van der Waals surface area contributed by atoms with Crippen LogP contribution in [0.1, 0.15) is 81.2 Å². The van der Waals surface area contributed by atoms with Crippen molar-refractivity contribution in [2.24, 2.45) is 0 Å². The summed E-state index contributed by atoms with van der Waals surface area (Å²) < 4.78 is 2.39. The van der Waals surface area contributed by atoms with Crippen molar-refractivity contribution in [2.75, 3.05) is 11.4 Å². The van der Waals surface area contributed by atoms with Crippen molar-refractivity contribution >= 4 is 22.6 Å². The lowest BCUT2D eigenvalue weighted by atomic mass is 10.1. The van der Waals surface area contributed by atoms with E-state index in [1.54, 1.807) is 0 Å². The van der Waals surface area contributed by atoms with Crippen LogP contribution in [0.15, 0.2) is 42.5 Å². The van der Waals surface area contributed by atoms with Crippen LogP contribution in [-0.4, -0.2) is 22.0 Å². The molecule has 170 valence electrons. The summed E-state index contributed by atoms with van der Waals surface area (Å²) >= 11 is 0. The van der Waals surface area contributed by atoms with E-state index in [0.717, 1.165) is 23.6 Å². The van der Waals surface area contributed by atoms with Crippen molar-refractivity contribution in [3.8, 4) is 0 Å². The van der Waals surface area contributed by atoms with E-state index in [-0.39, 0.29) is 11.8 Å². The van der Waals surface area contributed by atoms with Gasteiger partial charge in [-0.25, -0.2) is 4.98 Å². The number of amides is 1. The van der Waals surface area contributed by atoms with Crippen LogP contribution in [0, 0.1) is 13.8 Å². The largest absolute Gasteiger partial charge is 0.328 e. The number of aromatic nitrogens is 2. The van der Waals surface area contributed by atoms with Gasteiger partial charge in [-0.3, -0.25) is 4.79 Å². The number of rotatable bonds is 10. The lowest BCUT2D eigenvalue weighted by Gasteiger charge is -2.18. The molecule has 1 saturated heterocycles. The summed E-state index contributed by atoms with van der Waals surface area (Å²) in [6.07, 6.45) is 9.61. The number of anilines is 1. The first-order valence-corrected chi connectivity index (χ1v) is 12.4. The molecule has 1 unspecified atom stereocenters. The summed E-state index contributed by atoms with van der Waals surface area (Å²) in [6.45, 7) is 8.15. The highest BCUT2D eigenvalue weighted by Crippen LogP contribution is 2.34. The Balaban J connectivity index is 1.51. The minimum atomic E-state index is 0.139. The minimum Gasteiger partial charge on any atom is -0.328 e. The summed E-state index contributed by atoms with van der Waals surface area (Å²) in [5.41, 5.74) is 5.66. The van der Waals surface area contributed by atoms with Crippen LogP contribution in [0.3, 0.4) is 0 Å². The molecule has 4 heteroatoms. The SMILES string of the molecule is CCCCCCCCCn1c(C2CC(=O)N(c3cc(C)cc(C)c3)C2)nc2ccccc21. The van der Waals surface area contributed by atoms with Gasteiger partial charge in [0.1, 0.15) is 5.82 Å². The zero-order valence-corrected chi connectivity index (χ0v) is 19.9. The van der Waals surface area contributed by atoms with Crippen LogP contribution < -0.4 is 4.90 Å². The van der Waals surface area contributed by atoms with Gasteiger partial charge in [-0.15, -0.1) is 0 Å². The summed E-state index contributed by atoms with van der Waals surface area (Å²) in [6, 6.07) is 14.8. The Morgan fingerprint density at radius 3 is 2.38 bits per heavy atom. The number of carbonyl (C=O) groups excluding carboxylic acids is 1. The smallest absolute Gasteiger partial charge is 0.227 e. The zero-order valence-electron chi connectivity index (χ0n) is 19.9. The number of carbonyl (C=O) groups is 1. The summed E-state index contributed by atoms with van der Waals surface area (Å²) in [5.74, 6) is 1.42. The molecule has 0 spiro atoms. The molecule has 4 nitrogen and oxygen atoms in total. The molecule has 1 atom stereocenters. The van der Waals surface area contributed by atoms with Crippen molar-refractivity contribution in [2.45, 2.75) is 84.6 Å². The van der Waals surface area contributed by atoms with Gasteiger partial charge in [0.2, 0.25) is 5.91 Å². The van der Waals surface area contributed by atoms with Crippen molar-refractivity contribution in [3.05, 3.63) is 59.4 Å². The minimum absolute atomic E-state index is 0.139. The number of fused-ring (bicyclic) bond motifs is 1. The van der Waals surface area contributed by atoms with Crippen molar-refractivity contribution < 1.29 is 4.79 Å². The van der Waals surface area contributed by atoms with E-state index in [1.165, 1.54) is 61.6 Å². The quantitative estimate of drug-likeness (QED) is 0.327. The van der Waals surface area contributed by atoms with Crippen molar-refractivity contribution in [1.82, 2.24) is 9.55 Å². The fourth-order valence-corrected chi connectivity index (χ4v) is 5.10. The fraction of sp³-hybridized carbons (Fsp3) is 0.500. The van der Waals surface area contributed by atoms with E-state index in [1.807, 2.05) is 4.90 Å². The van der Waals surface area contributed by atoms with Gasteiger partial charge in [0, 0.05) is 31.1 Å². The molecule has 1 aliphatic rings. The second-order valence-corrected chi connectivity index (χ2v) is 9.48. The van der Waals surface area contributed by atoms with Gasteiger partial charge in [0.05, 0.1) is 11.0 Å². The molecule has 0 radical (unpaired) electrons. The van der Waals surface area contributed by atoms with Crippen LogP contribution in [0.2, 0.25) is 0 Å². The molecule has 1 amide bonds. The molecule has 32 heavy (non-hydrogen) atoms. The van der Waals surface area contributed by atoms with Gasteiger partial charge in [0.15, 0.2) is 0 Å². The van der Waals surface area contributed by atoms with Gasteiger partial charge in [0.25, 0.3) is 0 Å². The number of hydrogen-bond acceptors (Lipinski definition) is 2. The Bertz CT molecular complexity index is 1050. The van der Waals surface area contributed by atoms with Gasteiger partial charge in [-0.05, 0) is 55.7 Å². The van der Waals surface area contributed by atoms with Crippen LogP contribution in [0.25, 0.3) is 11.0 Å². The van der Waals surface area contributed by atoms with E-state index in [0.29, 0.717) is 13.0 Å². The Kier molecular flexibility index (Phi) is 7.29. The number of benzene rings is 2. The Morgan fingerprint density at radius 1 is 0.938 bits per heavy atom. The van der Waals surface area contributed by atoms with Gasteiger partial charge >= 0.3 is 0 Å². The van der Waals surface area contributed by atoms with Crippen LogP contribution in [0.5, 0.6) is 0 Å². The second kappa shape index (κ2) is 10.3. The van der Waals surface area contributed by atoms with Crippen LogP contribution in [-0.2, 0) is 11.3 Å². The maximum Gasteiger partial charge on any atom is 0.227 e. The molecule has 1 aliphatic heterocycles. The van der Waals surface area contributed by atoms with Gasteiger partial charge < -0.3 is 9.47 Å². The van der Waals surface area contributed by atoms with E-state index >= 15 is 0 Å². The highest BCUT2D eigenvalue weighted by molar-refractivity contribution is 5.96. The molecule has 2 heterocycles. The standard InChI is InChI=1S/C28H37N3O/c1-4-5-6-7-8-9-12-15-30-26-14-11-10-13-25(26)29-28(30)23-19-27(32)31(20-23)24-17-21(2)16-22(3)18-24/h10-11,13-14,16-18,23H,4-9,12,15,19-20H2,1-3H3. The number of nitrogens with zero attached hydrogens (tertiary/aromatic N) is 3. The van der Waals surface area contributed by atoms with Gasteiger partial charge in [-0.2, -0.15) is 0 Å². The van der Waals surface area contributed by atoms with E-state index in [4.69, 9.17) is 4.98 Å². The Hall–Kier alpha value is -2.62. The predicted octanol–water partition coefficient (Wildman–Crippen LogP) is 6.92. The predicted molar refractivity (Wildman–Crippen MR) is 133 cm³/mol. The fourth-order valence-electron chi connectivity index (χ4n) is 5.10. The van der Waals surface area contributed by atoms with Crippen LogP contribution in [0.4, 0.5) is 5.69 Å². The Morgan fingerprint density at radius 2 is 1.62 bits per heavy atom. The first kappa shape index (κ1) is 22.6. The van der Waals surface area contributed by atoms with E-state index in [2.05, 4.69) is 67.8 Å². The average Bonchev–Trinajstić information content (AvgIpc) is 3.33. The molecule has 0 saturated carbocycles. The zero-order chi connectivity index (χ0) is 22.5. The Labute approximate surface area is 192 Å². The number of unbranched alkanes of at least 4 members (excludes halogenated alkanes) is 6. The van der Waals surface area contributed by atoms with Crippen molar-refractivity contribution in [3.63, 3.8) is 0 Å². The number of imidazole rings is 1. The summed E-state index contributed by atoms with van der Waals surface area (Å²) in [7, 11) is 0. The lowest BCUT2D eigenvalue weighted by Crippen LogP contribution is -2.24. The third kappa shape index (κ3) is 5.06. The molecular weight excluding hydrogens is 394 g/mol. The topological polar surface area (TPSA) is 38.1 Å². The first-order valence-electron chi connectivity index (χ1n) is 12.4. The van der Waals surface area contributed by atoms with E-state index in [9.17, 15) is 4.79 Å².